The molecule has 0 aromatic heterocycles. The second-order valence-electron chi connectivity index (χ2n) is 7.40. The molecule has 1 atom stereocenters. The summed E-state index contributed by atoms with van der Waals surface area (Å²) in [4.78, 5) is 12.4. The number of fused-ring (bicyclic) bond motifs is 3. The first-order chi connectivity index (χ1) is 14.8. The predicted octanol–water partition coefficient (Wildman–Crippen LogP) is 4.07. The Balaban J connectivity index is 1.31. The molecule has 3 N–H and O–H groups in total. The zero-order valence-corrected chi connectivity index (χ0v) is 16.8. The van der Waals surface area contributed by atoms with Gasteiger partial charge < -0.3 is 20.5 Å². The quantitative estimate of drug-likeness (QED) is 0.596. The lowest BCUT2D eigenvalue weighted by atomic mass is 9.98. The summed E-state index contributed by atoms with van der Waals surface area (Å²) in [5.41, 5.74) is 11.7. The van der Waals surface area contributed by atoms with E-state index in [4.69, 9.17) is 15.2 Å². The maximum atomic E-state index is 12.4. The first-order valence-electron chi connectivity index (χ1n) is 10.2. The minimum atomic E-state index is -0.476. The zero-order valence-electron chi connectivity index (χ0n) is 16.8. The summed E-state index contributed by atoms with van der Waals surface area (Å²) in [6.45, 7) is 1.36. The van der Waals surface area contributed by atoms with Crippen LogP contribution in [-0.2, 0) is 16.1 Å². The van der Waals surface area contributed by atoms with Crippen molar-refractivity contribution in [3.05, 3.63) is 95.6 Å². The summed E-state index contributed by atoms with van der Waals surface area (Å²) in [6, 6.07) is 26.1. The van der Waals surface area contributed by atoms with E-state index >= 15 is 0 Å². The van der Waals surface area contributed by atoms with E-state index in [0.717, 1.165) is 5.56 Å². The van der Waals surface area contributed by atoms with Crippen molar-refractivity contribution in [3.63, 3.8) is 0 Å². The minimum absolute atomic E-state index is 0.0359. The number of hydrogen-bond donors (Lipinski definition) is 2. The van der Waals surface area contributed by atoms with Crippen LogP contribution in [0.5, 0.6) is 0 Å². The zero-order chi connectivity index (χ0) is 20.8. The van der Waals surface area contributed by atoms with E-state index in [2.05, 4.69) is 29.6 Å². The largest absolute Gasteiger partial charge is 0.449 e. The molecular weight excluding hydrogens is 376 g/mol. The Morgan fingerprint density at radius 3 is 2.13 bits per heavy atom. The predicted molar refractivity (Wildman–Crippen MR) is 117 cm³/mol. The van der Waals surface area contributed by atoms with Gasteiger partial charge in [-0.15, -0.1) is 0 Å². The van der Waals surface area contributed by atoms with Crippen LogP contribution in [0, 0.1) is 0 Å². The lowest BCUT2D eigenvalue weighted by molar-refractivity contribution is 0.0914. The summed E-state index contributed by atoms with van der Waals surface area (Å²) in [5.74, 6) is 0.0359. The highest BCUT2D eigenvalue weighted by Crippen LogP contribution is 2.44. The van der Waals surface area contributed by atoms with Gasteiger partial charge in [0.2, 0.25) is 0 Å². The molecule has 0 saturated carbocycles. The summed E-state index contributed by atoms with van der Waals surface area (Å²) < 4.78 is 11.3. The van der Waals surface area contributed by atoms with E-state index in [1.54, 1.807) is 0 Å². The molecule has 1 aliphatic rings. The third-order valence-electron chi connectivity index (χ3n) is 5.38. The van der Waals surface area contributed by atoms with Crippen molar-refractivity contribution in [1.29, 1.82) is 0 Å². The van der Waals surface area contributed by atoms with Gasteiger partial charge in [0.05, 0.1) is 19.3 Å². The smallest absolute Gasteiger partial charge is 0.407 e. The van der Waals surface area contributed by atoms with E-state index < -0.39 is 6.09 Å². The Kier molecular flexibility index (Phi) is 6.42. The highest BCUT2D eigenvalue weighted by Gasteiger charge is 2.29. The van der Waals surface area contributed by atoms with E-state index in [-0.39, 0.29) is 25.1 Å². The maximum absolute atomic E-state index is 12.4. The molecule has 154 valence electrons. The fraction of sp³-hybridized carbons (Fsp3) is 0.240. The molecule has 0 radical (unpaired) electrons. The number of amides is 1. The van der Waals surface area contributed by atoms with Gasteiger partial charge in [0, 0.05) is 12.5 Å². The van der Waals surface area contributed by atoms with Crippen LogP contribution in [0.1, 0.15) is 22.6 Å². The Labute approximate surface area is 176 Å². The molecule has 0 fully saturated rings. The van der Waals surface area contributed by atoms with E-state index in [9.17, 15) is 4.79 Å². The Bertz CT molecular complexity index is 945. The molecule has 0 heterocycles. The van der Waals surface area contributed by atoms with Gasteiger partial charge in [0.15, 0.2) is 0 Å². The summed E-state index contributed by atoms with van der Waals surface area (Å²) >= 11 is 0. The van der Waals surface area contributed by atoms with Gasteiger partial charge in [-0.3, -0.25) is 0 Å². The molecule has 1 amide bonds. The third kappa shape index (κ3) is 4.53. The van der Waals surface area contributed by atoms with Crippen molar-refractivity contribution in [2.24, 2.45) is 5.73 Å². The highest BCUT2D eigenvalue weighted by molar-refractivity contribution is 5.79. The number of alkyl carbamates (subject to hydrolysis) is 1. The van der Waals surface area contributed by atoms with Gasteiger partial charge in [0.1, 0.15) is 6.61 Å². The molecule has 3 aromatic carbocycles. The Hall–Kier alpha value is -3.15. The maximum Gasteiger partial charge on any atom is 0.407 e. The fourth-order valence-electron chi connectivity index (χ4n) is 3.87. The number of carbonyl (C=O) groups excluding carboxylic acids is 1. The number of nitrogens with one attached hydrogen (secondary N) is 1. The minimum Gasteiger partial charge on any atom is -0.449 e. The van der Waals surface area contributed by atoms with Gasteiger partial charge in [-0.2, -0.15) is 0 Å². The van der Waals surface area contributed by atoms with E-state index in [1.807, 2.05) is 54.6 Å². The number of ether oxygens (including phenoxy) is 2. The number of carbonyl (C=O) groups is 1. The molecule has 5 nitrogen and oxygen atoms in total. The molecule has 0 aliphatic heterocycles. The number of hydrogen-bond acceptors (Lipinski definition) is 4. The second-order valence-corrected chi connectivity index (χ2v) is 7.40. The number of nitrogens with two attached hydrogens (primary N) is 1. The van der Waals surface area contributed by atoms with Crippen molar-refractivity contribution in [1.82, 2.24) is 5.32 Å². The van der Waals surface area contributed by atoms with Crippen LogP contribution >= 0.6 is 0 Å². The average molecular weight is 402 g/mol. The van der Waals surface area contributed by atoms with E-state index in [1.165, 1.54) is 22.3 Å². The van der Waals surface area contributed by atoms with Crippen molar-refractivity contribution in [2.75, 3.05) is 19.8 Å². The first kappa shape index (κ1) is 20.1. The molecule has 4 rings (SSSR count). The lowest BCUT2D eigenvalue weighted by Gasteiger charge is -2.19. The molecule has 5 heteroatoms. The molecule has 0 saturated heterocycles. The fourth-order valence-corrected chi connectivity index (χ4v) is 3.87. The van der Waals surface area contributed by atoms with Crippen LogP contribution in [0.2, 0.25) is 0 Å². The monoisotopic (exact) mass is 402 g/mol. The van der Waals surface area contributed by atoms with E-state index in [0.29, 0.717) is 13.2 Å². The molecular formula is C25H26N2O3. The average Bonchev–Trinajstić information content (AvgIpc) is 3.11. The van der Waals surface area contributed by atoms with Crippen molar-refractivity contribution in [3.8, 4) is 11.1 Å². The molecule has 0 bridgehead atoms. The van der Waals surface area contributed by atoms with Crippen molar-refractivity contribution < 1.29 is 14.3 Å². The third-order valence-corrected chi connectivity index (χ3v) is 5.38. The van der Waals surface area contributed by atoms with Crippen LogP contribution in [-0.4, -0.2) is 31.9 Å². The second kappa shape index (κ2) is 9.57. The summed E-state index contributed by atoms with van der Waals surface area (Å²) in [5, 5.41) is 2.81. The summed E-state index contributed by atoms with van der Waals surface area (Å²) in [7, 11) is 0. The standard InChI is InChI=1S/C25H26N2O3/c26-14-19(16-29-15-18-8-2-1-3-9-18)27-25(28)30-17-24-22-12-6-4-10-20(22)21-11-5-7-13-23(21)24/h1-13,19,24H,14-17,26H2,(H,27,28)/t19-/m1/s1. The van der Waals surface area contributed by atoms with Crippen LogP contribution in [0.3, 0.4) is 0 Å². The Morgan fingerprint density at radius 1 is 0.900 bits per heavy atom. The van der Waals surface area contributed by atoms with Gasteiger partial charge in [0.25, 0.3) is 0 Å². The Morgan fingerprint density at radius 2 is 1.50 bits per heavy atom. The van der Waals surface area contributed by atoms with Crippen molar-refractivity contribution in [2.45, 2.75) is 18.6 Å². The van der Waals surface area contributed by atoms with Gasteiger partial charge >= 0.3 is 6.09 Å². The van der Waals surface area contributed by atoms with Crippen molar-refractivity contribution >= 4 is 6.09 Å². The van der Waals surface area contributed by atoms with Gasteiger partial charge in [-0.05, 0) is 27.8 Å². The topological polar surface area (TPSA) is 73.6 Å². The van der Waals surface area contributed by atoms with Crippen LogP contribution in [0.15, 0.2) is 78.9 Å². The van der Waals surface area contributed by atoms with Gasteiger partial charge in [-0.1, -0.05) is 78.9 Å². The number of rotatable bonds is 8. The highest BCUT2D eigenvalue weighted by atomic mass is 16.5. The SMILES string of the molecule is NC[C@H](COCc1ccccc1)NC(=O)OCC1c2ccccc2-c2ccccc21. The summed E-state index contributed by atoms with van der Waals surface area (Å²) in [6.07, 6.45) is -0.476. The molecule has 3 aromatic rings. The van der Waals surface area contributed by atoms with Gasteiger partial charge in [-0.25, -0.2) is 4.79 Å². The molecule has 30 heavy (non-hydrogen) atoms. The van der Waals surface area contributed by atoms with Crippen LogP contribution < -0.4 is 11.1 Å². The first-order valence-corrected chi connectivity index (χ1v) is 10.2. The number of benzene rings is 3. The molecule has 0 spiro atoms. The molecule has 0 unspecified atom stereocenters. The van der Waals surface area contributed by atoms with Crippen LogP contribution in [0.4, 0.5) is 4.79 Å². The normalized spacial score (nSPS) is 13.4. The lowest BCUT2D eigenvalue weighted by Crippen LogP contribution is -2.43. The van der Waals surface area contributed by atoms with Crippen LogP contribution in [0.25, 0.3) is 11.1 Å². The molecule has 1 aliphatic carbocycles.